The summed E-state index contributed by atoms with van der Waals surface area (Å²) in [6, 6.07) is 24.8. The summed E-state index contributed by atoms with van der Waals surface area (Å²) in [5, 5.41) is 12.7. The molecule has 0 amide bonds. The van der Waals surface area contributed by atoms with E-state index >= 15 is 0 Å². The standard InChI is InChI=1S/C28H30N4O3/c1-21(33)23-10-12-26(13-11-23)31-16-18-32(19-17-31)28(29-15-14-22-6-3-2-4-7-22)30-25-9-5-8-24(20-25)27(34)35/h2-13,20H,14-19H2,1H3,(H,29,30)(H,34,35). The average Bonchev–Trinajstić information content (AvgIpc) is 2.89. The maximum Gasteiger partial charge on any atom is 0.335 e. The van der Waals surface area contributed by atoms with Crippen LogP contribution < -0.4 is 10.2 Å². The van der Waals surface area contributed by atoms with Crippen molar-refractivity contribution in [2.75, 3.05) is 42.9 Å². The number of nitrogens with zero attached hydrogens (tertiary/aromatic N) is 3. The van der Waals surface area contributed by atoms with Gasteiger partial charge in [-0.3, -0.25) is 9.79 Å². The molecule has 1 heterocycles. The quantitative estimate of drug-likeness (QED) is 0.302. The molecule has 4 rings (SSSR count). The van der Waals surface area contributed by atoms with Crippen LogP contribution in [0.15, 0.2) is 83.9 Å². The first-order valence-corrected chi connectivity index (χ1v) is 11.8. The van der Waals surface area contributed by atoms with Gasteiger partial charge in [0.1, 0.15) is 0 Å². The second-order valence-corrected chi connectivity index (χ2v) is 8.53. The van der Waals surface area contributed by atoms with Crippen LogP contribution in [0.4, 0.5) is 11.4 Å². The number of anilines is 2. The molecule has 7 nitrogen and oxygen atoms in total. The van der Waals surface area contributed by atoms with Crippen LogP contribution >= 0.6 is 0 Å². The number of carboxylic acid groups (broad SMARTS) is 1. The molecule has 0 unspecified atom stereocenters. The Morgan fingerprint density at radius 2 is 1.60 bits per heavy atom. The molecule has 1 aliphatic heterocycles. The normalized spacial score (nSPS) is 14.0. The summed E-state index contributed by atoms with van der Waals surface area (Å²) in [6.45, 7) is 5.36. The summed E-state index contributed by atoms with van der Waals surface area (Å²) >= 11 is 0. The molecule has 1 aliphatic rings. The summed E-state index contributed by atoms with van der Waals surface area (Å²) in [5.74, 6) is -0.147. The molecule has 3 aromatic carbocycles. The molecule has 0 atom stereocenters. The van der Waals surface area contributed by atoms with Crippen LogP contribution in [-0.4, -0.2) is 60.4 Å². The van der Waals surface area contributed by atoms with Crippen molar-refractivity contribution < 1.29 is 14.7 Å². The molecule has 2 N–H and O–H groups in total. The van der Waals surface area contributed by atoms with E-state index in [0.29, 0.717) is 17.8 Å². The maximum atomic E-state index is 11.6. The number of ketones is 1. The van der Waals surface area contributed by atoms with E-state index < -0.39 is 5.97 Å². The number of carboxylic acids is 1. The molecule has 1 saturated heterocycles. The molecular formula is C28H30N4O3. The lowest BCUT2D eigenvalue weighted by molar-refractivity contribution is 0.0696. The fourth-order valence-electron chi connectivity index (χ4n) is 4.10. The Bertz CT molecular complexity index is 1180. The summed E-state index contributed by atoms with van der Waals surface area (Å²) in [5.41, 5.74) is 3.97. The minimum Gasteiger partial charge on any atom is -0.478 e. The van der Waals surface area contributed by atoms with E-state index in [2.05, 4.69) is 27.2 Å². The van der Waals surface area contributed by atoms with Gasteiger partial charge in [0, 0.05) is 49.7 Å². The van der Waals surface area contributed by atoms with Crippen LogP contribution in [0.3, 0.4) is 0 Å². The van der Waals surface area contributed by atoms with E-state index in [-0.39, 0.29) is 11.3 Å². The van der Waals surface area contributed by atoms with Gasteiger partial charge in [-0.15, -0.1) is 0 Å². The van der Waals surface area contributed by atoms with E-state index in [0.717, 1.165) is 44.2 Å². The minimum atomic E-state index is -0.958. The number of benzene rings is 3. The number of aromatic carboxylic acids is 1. The number of aliphatic imine (C=N–C) groups is 1. The SMILES string of the molecule is CC(=O)c1ccc(N2CCN(C(=NCCc3ccccc3)Nc3cccc(C(=O)O)c3)CC2)cc1. The number of hydrogen-bond donors (Lipinski definition) is 2. The monoisotopic (exact) mass is 470 g/mol. The van der Waals surface area contributed by atoms with Gasteiger partial charge < -0.3 is 20.2 Å². The lowest BCUT2D eigenvalue weighted by atomic mass is 10.1. The first kappa shape index (κ1) is 24.0. The fraction of sp³-hybridized carbons (Fsp3) is 0.250. The van der Waals surface area contributed by atoms with Gasteiger partial charge in [-0.1, -0.05) is 36.4 Å². The zero-order chi connectivity index (χ0) is 24.6. The molecule has 0 saturated carbocycles. The van der Waals surface area contributed by atoms with Gasteiger partial charge in [-0.25, -0.2) is 4.79 Å². The third kappa shape index (κ3) is 6.47. The number of nitrogens with one attached hydrogen (secondary N) is 1. The zero-order valence-electron chi connectivity index (χ0n) is 19.9. The summed E-state index contributed by atoms with van der Waals surface area (Å²) in [6.07, 6.45) is 0.823. The summed E-state index contributed by atoms with van der Waals surface area (Å²) < 4.78 is 0. The highest BCUT2D eigenvalue weighted by Gasteiger charge is 2.21. The minimum absolute atomic E-state index is 0.0655. The number of guanidine groups is 1. The molecule has 35 heavy (non-hydrogen) atoms. The van der Waals surface area contributed by atoms with Crippen molar-refractivity contribution in [3.8, 4) is 0 Å². The van der Waals surface area contributed by atoms with E-state index in [9.17, 15) is 14.7 Å². The van der Waals surface area contributed by atoms with Gasteiger partial charge in [-0.2, -0.15) is 0 Å². The van der Waals surface area contributed by atoms with E-state index in [1.807, 2.05) is 48.5 Å². The number of carbonyl (C=O) groups is 2. The molecule has 7 heteroatoms. The zero-order valence-corrected chi connectivity index (χ0v) is 19.9. The Hall–Kier alpha value is -4.13. The second-order valence-electron chi connectivity index (χ2n) is 8.53. The van der Waals surface area contributed by atoms with Gasteiger partial charge in [0.15, 0.2) is 11.7 Å². The molecule has 0 radical (unpaired) electrons. The third-order valence-corrected chi connectivity index (χ3v) is 6.09. The largest absolute Gasteiger partial charge is 0.478 e. The Morgan fingerprint density at radius 3 is 2.26 bits per heavy atom. The first-order chi connectivity index (χ1) is 17.0. The third-order valence-electron chi connectivity index (χ3n) is 6.09. The highest BCUT2D eigenvalue weighted by atomic mass is 16.4. The van der Waals surface area contributed by atoms with Gasteiger partial charge in [-0.05, 0) is 61.4 Å². The maximum absolute atomic E-state index is 11.6. The molecule has 180 valence electrons. The number of Topliss-reactive ketones (excluding diaryl/α,β-unsaturated/α-hetero) is 1. The second kappa shape index (κ2) is 11.3. The first-order valence-electron chi connectivity index (χ1n) is 11.8. The van der Waals surface area contributed by atoms with Crippen LogP contribution in [-0.2, 0) is 6.42 Å². The molecular weight excluding hydrogens is 440 g/mol. The van der Waals surface area contributed by atoms with Crippen molar-refractivity contribution >= 4 is 29.1 Å². The molecule has 0 aliphatic carbocycles. The van der Waals surface area contributed by atoms with Crippen molar-refractivity contribution in [1.82, 2.24) is 4.90 Å². The number of carbonyl (C=O) groups excluding carboxylic acids is 1. The predicted octanol–water partition coefficient (Wildman–Crippen LogP) is 4.42. The molecule has 0 bridgehead atoms. The number of rotatable bonds is 7. The Kier molecular flexibility index (Phi) is 7.77. The lowest BCUT2D eigenvalue weighted by Gasteiger charge is -2.38. The van der Waals surface area contributed by atoms with Crippen LogP contribution in [0.1, 0.15) is 33.2 Å². The van der Waals surface area contributed by atoms with Crippen LogP contribution in [0.2, 0.25) is 0 Å². The van der Waals surface area contributed by atoms with Crippen LogP contribution in [0, 0.1) is 0 Å². The summed E-state index contributed by atoms with van der Waals surface area (Å²) in [4.78, 5) is 32.3. The highest BCUT2D eigenvalue weighted by molar-refractivity contribution is 5.96. The predicted molar refractivity (Wildman–Crippen MR) is 140 cm³/mol. The van der Waals surface area contributed by atoms with Crippen molar-refractivity contribution in [2.45, 2.75) is 13.3 Å². The smallest absolute Gasteiger partial charge is 0.335 e. The van der Waals surface area contributed by atoms with Crippen LogP contribution in [0.25, 0.3) is 0 Å². The van der Waals surface area contributed by atoms with Crippen molar-refractivity contribution in [3.05, 3.63) is 95.6 Å². The van der Waals surface area contributed by atoms with E-state index in [1.54, 1.807) is 25.1 Å². The molecule has 1 fully saturated rings. The molecule has 0 spiro atoms. The van der Waals surface area contributed by atoms with Gasteiger partial charge in [0.25, 0.3) is 0 Å². The Morgan fingerprint density at radius 1 is 0.886 bits per heavy atom. The fourth-order valence-corrected chi connectivity index (χ4v) is 4.10. The molecule has 0 aromatic heterocycles. The van der Waals surface area contributed by atoms with Crippen molar-refractivity contribution in [3.63, 3.8) is 0 Å². The highest BCUT2D eigenvalue weighted by Crippen LogP contribution is 2.19. The van der Waals surface area contributed by atoms with Crippen molar-refractivity contribution in [1.29, 1.82) is 0 Å². The van der Waals surface area contributed by atoms with E-state index in [4.69, 9.17) is 4.99 Å². The van der Waals surface area contributed by atoms with E-state index in [1.165, 1.54) is 5.56 Å². The van der Waals surface area contributed by atoms with Crippen LogP contribution in [0.5, 0.6) is 0 Å². The lowest BCUT2D eigenvalue weighted by Crippen LogP contribution is -2.50. The van der Waals surface area contributed by atoms with Crippen molar-refractivity contribution in [2.24, 2.45) is 4.99 Å². The summed E-state index contributed by atoms with van der Waals surface area (Å²) in [7, 11) is 0. The Labute approximate surface area is 205 Å². The Balaban J connectivity index is 1.46. The average molecular weight is 471 g/mol. The topological polar surface area (TPSA) is 85.2 Å². The number of piperazine rings is 1. The molecule has 3 aromatic rings. The van der Waals surface area contributed by atoms with Gasteiger partial charge in [0.2, 0.25) is 0 Å². The number of hydrogen-bond acceptors (Lipinski definition) is 4. The van der Waals surface area contributed by atoms with Gasteiger partial charge >= 0.3 is 5.97 Å². The van der Waals surface area contributed by atoms with Gasteiger partial charge in [0.05, 0.1) is 5.56 Å².